The highest BCUT2D eigenvalue weighted by molar-refractivity contribution is 9.10. The van der Waals surface area contributed by atoms with Crippen molar-refractivity contribution in [1.82, 2.24) is 9.97 Å². The summed E-state index contributed by atoms with van der Waals surface area (Å²) in [5.41, 5.74) is 4.89. The Hall–Kier alpha value is -2.20. The van der Waals surface area contributed by atoms with Crippen molar-refractivity contribution in [1.29, 1.82) is 0 Å². The highest BCUT2D eigenvalue weighted by Crippen LogP contribution is 2.31. The Morgan fingerprint density at radius 2 is 2.24 bits per heavy atom. The fourth-order valence-electron chi connectivity index (χ4n) is 1.42. The van der Waals surface area contributed by atoms with Gasteiger partial charge in [0.05, 0.1) is 9.40 Å². The van der Waals surface area contributed by atoms with Crippen molar-refractivity contribution in [2.45, 2.75) is 10.1 Å². The van der Waals surface area contributed by atoms with Crippen LogP contribution in [-0.2, 0) is 0 Å². The molecule has 0 aromatic carbocycles. The van der Waals surface area contributed by atoms with E-state index in [4.69, 9.17) is 10.9 Å². The Labute approximate surface area is 131 Å². The van der Waals surface area contributed by atoms with Crippen molar-refractivity contribution in [3.63, 3.8) is 0 Å². The summed E-state index contributed by atoms with van der Waals surface area (Å²) < 4.78 is 0.764. The first-order valence-corrected chi connectivity index (χ1v) is 7.05. The molecule has 2 heterocycles. The molecule has 0 bridgehead atoms. The van der Waals surface area contributed by atoms with Gasteiger partial charge >= 0.3 is 0 Å². The summed E-state index contributed by atoms with van der Waals surface area (Å²) in [4.78, 5) is 18.5. The minimum absolute atomic E-state index is 0.195. The molecule has 0 aliphatic rings. The van der Waals surface area contributed by atoms with Crippen molar-refractivity contribution < 1.29 is 10.1 Å². The first-order chi connectivity index (χ1) is 10.0. The second-order valence-electron chi connectivity index (χ2n) is 3.65. The molecule has 0 aliphatic carbocycles. The summed E-state index contributed by atoms with van der Waals surface area (Å²) in [6, 6.07) is 6.29. The normalized spacial score (nSPS) is 11.4. The zero-order chi connectivity index (χ0) is 15.4. The lowest BCUT2D eigenvalue weighted by Crippen LogP contribution is -2.17. The van der Waals surface area contributed by atoms with Gasteiger partial charge < -0.3 is 10.9 Å². The van der Waals surface area contributed by atoms with Crippen LogP contribution in [0.4, 0.5) is 5.69 Å². The standard InChI is InChI=1S/C11H8BrN5O3S/c12-6-2-1-5-14-11(6)21-8-4-3-7(17(19)20)9(15-8)10(13)16-18/h1-5,18H,(H2,13,16). The fourth-order valence-corrected chi connectivity index (χ4v) is 2.67. The monoisotopic (exact) mass is 369 g/mol. The number of nitrogens with two attached hydrogens (primary N) is 1. The minimum Gasteiger partial charge on any atom is -0.409 e. The average molecular weight is 370 g/mol. The first-order valence-electron chi connectivity index (χ1n) is 5.44. The predicted molar refractivity (Wildman–Crippen MR) is 79.5 cm³/mol. The maximum absolute atomic E-state index is 10.9. The SMILES string of the molecule is N/C(=N/O)c1nc(Sc2ncccc2Br)ccc1[N+](=O)[O-]. The summed E-state index contributed by atoms with van der Waals surface area (Å²) in [5, 5.41) is 23.4. The molecule has 0 fully saturated rings. The number of halogens is 1. The van der Waals surface area contributed by atoms with E-state index in [1.807, 2.05) is 6.07 Å². The molecule has 0 saturated carbocycles. The van der Waals surface area contributed by atoms with Crippen LogP contribution in [0.15, 0.2) is 50.1 Å². The summed E-state index contributed by atoms with van der Waals surface area (Å²) in [6.45, 7) is 0. The van der Waals surface area contributed by atoms with E-state index in [1.165, 1.54) is 23.9 Å². The van der Waals surface area contributed by atoms with Gasteiger partial charge in [0.1, 0.15) is 10.1 Å². The van der Waals surface area contributed by atoms with E-state index in [1.54, 1.807) is 12.3 Å². The Bertz CT molecular complexity index is 725. The summed E-state index contributed by atoms with van der Waals surface area (Å²) in [5.74, 6) is -0.427. The van der Waals surface area contributed by atoms with E-state index in [2.05, 4.69) is 31.1 Å². The predicted octanol–water partition coefficient (Wildman–Crippen LogP) is 2.39. The molecule has 0 saturated heterocycles. The number of pyridine rings is 2. The van der Waals surface area contributed by atoms with Gasteiger partial charge in [0.2, 0.25) is 0 Å². The molecule has 2 rings (SSSR count). The van der Waals surface area contributed by atoms with Crippen LogP contribution in [0.3, 0.4) is 0 Å². The Kier molecular flexibility index (Phi) is 4.70. The van der Waals surface area contributed by atoms with Crippen LogP contribution in [0.1, 0.15) is 5.69 Å². The topological polar surface area (TPSA) is 128 Å². The van der Waals surface area contributed by atoms with Crippen molar-refractivity contribution in [3.05, 3.63) is 50.7 Å². The number of nitro groups is 1. The lowest BCUT2D eigenvalue weighted by molar-refractivity contribution is -0.385. The molecular weight excluding hydrogens is 362 g/mol. The Balaban J connectivity index is 2.43. The number of nitrogens with zero attached hydrogens (tertiary/aromatic N) is 4. The number of amidine groups is 1. The van der Waals surface area contributed by atoms with Crippen LogP contribution in [0, 0.1) is 10.1 Å². The quantitative estimate of drug-likeness (QED) is 0.278. The molecule has 8 nitrogen and oxygen atoms in total. The van der Waals surface area contributed by atoms with Gasteiger partial charge in [-0.2, -0.15) is 0 Å². The third kappa shape index (κ3) is 3.47. The molecule has 0 unspecified atom stereocenters. The minimum atomic E-state index is -0.647. The van der Waals surface area contributed by atoms with Gasteiger partial charge in [0.25, 0.3) is 5.69 Å². The molecule has 10 heteroatoms. The zero-order valence-electron chi connectivity index (χ0n) is 10.3. The average Bonchev–Trinajstić information content (AvgIpc) is 2.48. The molecule has 0 atom stereocenters. The lowest BCUT2D eigenvalue weighted by Gasteiger charge is -2.05. The maximum Gasteiger partial charge on any atom is 0.298 e. The summed E-state index contributed by atoms with van der Waals surface area (Å²) in [7, 11) is 0. The molecule has 0 aliphatic heterocycles. The van der Waals surface area contributed by atoms with E-state index < -0.39 is 10.8 Å². The zero-order valence-corrected chi connectivity index (χ0v) is 12.7. The lowest BCUT2D eigenvalue weighted by atomic mass is 10.3. The molecule has 0 spiro atoms. The van der Waals surface area contributed by atoms with Gasteiger partial charge in [0.15, 0.2) is 11.5 Å². The van der Waals surface area contributed by atoms with E-state index in [9.17, 15) is 10.1 Å². The maximum atomic E-state index is 10.9. The van der Waals surface area contributed by atoms with Gasteiger partial charge in [-0.25, -0.2) is 9.97 Å². The van der Waals surface area contributed by atoms with E-state index >= 15 is 0 Å². The van der Waals surface area contributed by atoms with Crippen molar-refractivity contribution in [2.75, 3.05) is 0 Å². The molecule has 0 radical (unpaired) electrons. The van der Waals surface area contributed by atoms with Gasteiger partial charge in [-0.05, 0) is 45.9 Å². The van der Waals surface area contributed by atoms with Crippen LogP contribution in [0.5, 0.6) is 0 Å². The molecule has 2 aromatic heterocycles. The second kappa shape index (κ2) is 6.50. The number of rotatable bonds is 4. The van der Waals surface area contributed by atoms with Gasteiger partial charge in [-0.1, -0.05) is 5.16 Å². The molecule has 3 N–H and O–H groups in total. The van der Waals surface area contributed by atoms with Crippen molar-refractivity contribution in [2.24, 2.45) is 10.9 Å². The molecular formula is C11H8BrN5O3S. The number of hydrogen-bond acceptors (Lipinski definition) is 7. The van der Waals surface area contributed by atoms with Crippen LogP contribution in [0.2, 0.25) is 0 Å². The van der Waals surface area contributed by atoms with E-state index in [-0.39, 0.29) is 11.4 Å². The van der Waals surface area contributed by atoms with Crippen LogP contribution >= 0.6 is 27.7 Å². The Morgan fingerprint density at radius 3 is 2.86 bits per heavy atom. The van der Waals surface area contributed by atoms with Gasteiger partial charge in [0, 0.05) is 12.3 Å². The van der Waals surface area contributed by atoms with Gasteiger partial charge in [-0.15, -0.1) is 0 Å². The van der Waals surface area contributed by atoms with Crippen LogP contribution in [0.25, 0.3) is 0 Å². The molecule has 0 amide bonds. The highest BCUT2D eigenvalue weighted by Gasteiger charge is 2.20. The number of aromatic nitrogens is 2. The first kappa shape index (κ1) is 15.2. The molecule has 2 aromatic rings. The van der Waals surface area contributed by atoms with E-state index in [0.717, 1.165) is 4.47 Å². The van der Waals surface area contributed by atoms with Crippen LogP contribution < -0.4 is 5.73 Å². The van der Waals surface area contributed by atoms with Crippen molar-refractivity contribution in [3.8, 4) is 0 Å². The van der Waals surface area contributed by atoms with Gasteiger partial charge in [-0.3, -0.25) is 10.1 Å². The summed E-state index contributed by atoms with van der Waals surface area (Å²) in [6.07, 6.45) is 1.61. The highest BCUT2D eigenvalue weighted by atomic mass is 79.9. The van der Waals surface area contributed by atoms with Crippen molar-refractivity contribution >= 4 is 39.2 Å². The van der Waals surface area contributed by atoms with E-state index in [0.29, 0.717) is 10.1 Å². The second-order valence-corrected chi connectivity index (χ2v) is 5.52. The summed E-state index contributed by atoms with van der Waals surface area (Å²) >= 11 is 4.54. The third-order valence-corrected chi connectivity index (χ3v) is 4.18. The molecule has 108 valence electrons. The Morgan fingerprint density at radius 1 is 1.48 bits per heavy atom. The molecule has 21 heavy (non-hydrogen) atoms. The fraction of sp³-hybridized carbons (Fsp3) is 0. The number of oxime groups is 1. The number of hydrogen-bond donors (Lipinski definition) is 2. The van der Waals surface area contributed by atoms with Crippen LogP contribution in [-0.4, -0.2) is 25.9 Å². The third-order valence-electron chi connectivity index (χ3n) is 2.32. The largest absolute Gasteiger partial charge is 0.409 e. The smallest absolute Gasteiger partial charge is 0.298 e.